The minimum atomic E-state index is -0.776. The number of hydrogen-bond acceptors (Lipinski definition) is 2. The lowest BCUT2D eigenvalue weighted by Crippen LogP contribution is -2.42. The van der Waals surface area contributed by atoms with Gasteiger partial charge < -0.3 is 10.8 Å². The lowest BCUT2D eigenvalue weighted by Gasteiger charge is -2.28. The van der Waals surface area contributed by atoms with Crippen LogP contribution in [0.1, 0.15) is 33.6 Å². The van der Waals surface area contributed by atoms with Gasteiger partial charge in [0.05, 0.1) is 0 Å². The molecule has 0 fully saturated rings. The third-order valence-corrected chi connectivity index (χ3v) is 2.20. The SMILES string of the molecule is CC(C)C(C)(N)CCC(=O)O. The van der Waals surface area contributed by atoms with E-state index in [9.17, 15) is 4.79 Å². The summed E-state index contributed by atoms with van der Waals surface area (Å²) >= 11 is 0. The van der Waals surface area contributed by atoms with E-state index in [1.807, 2.05) is 20.8 Å². The van der Waals surface area contributed by atoms with Crippen molar-refractivity contribution in [1.29, 1.82) is 0 Å². The van der Waals surface area contributed by atoms with Gasteiger partial charge in [-0.2, -0.15) is 0 Å². The van der Waals surface area contributed by atoms with Gasteiger partial charge in [0.15, 0.2) is 0 Å². The van der Waals surface area contributed by atoms with Crippen LogP contribution in [0.25, 0.3) is 0 Å². The standard InChI is InChI=1S/C8H17NO2/c1-6(2)8(3,9)5-4-7(10)11/h6H,4-5,9H2,1-3H3,(H,10,11). The summed E-state index contributed by atoms with van der Waals surface area (Å²) in [5, 5.41) is 8.40. The molecular formula is C8H17NO2. The molecule has 0 saturated carbocycles. The predicted molar refractivity (Wildman–Crippen MR) is 44.3 cm³/mol. The van der Waals surface area contributed by atoms with E-state index in [0.717, 1.165) is 0 Å². The molecule has 3 heteroatoms. The fraction of sp³-hybridized carbons (Fsp3) is 0.875. The van der Waals surface area contributed by atoms with Gasteiger partial charge in [0.25, 0.3) is 0 Å². The van der Waals surface area contributed by atoms with Crippen LogP contribution in [-0.4, -0.2) is 16.6 Å². The van der Waals surface area contributed by atoms with Gasteiger partial charge in [-0.25, -0.2) is 0 Å². The number of nitrogens with two attached hydrogens (primary N) is 1. The van der Waals surface area contributed by atoms with Gasteiger partial charge in [-0.05, 0) is 19.3 Å². The zero-order valence-electron chi connectivity index (χ0n) is 7.42. The minimum absolute atomic E-state index is 0.158. The van der Waals surface area contributed by atoms with Crippen LogP contribution < -0.4 is 5.73 Å². The largest absolute Gasteiger partial charge is 0.481 e. The van der Waals surface area contributed by atoms with E-state index < -0.39 is 5.97 Å². The molecule has 0 radical (unpaired) electrons. The van der Waals surface area contributed by atoms with Crippen molar-refractivity contribution in [2.45, 2.75) is 39.2 Å². The Bertz CT molecular complexity index is 141. The minimum Gasteiger partial charge on any atom is -0.481 e. The normalized spacial score (nSPS) is 16.5. The fourth-order valence-electron chi connectivity index (χ4n) is 0.665. The van der Waals surface area contributed by atoms with Crippen molar-refractivity contribution in [2.75, 3.05) is 0 Å². The molecule has 0 bridgehead atoms. The number of hydrogen-bond donors (Lipinski definition) is 2. The molecule has 0 aromatic heterocycles. The highest BCUT2D eigenvalue weighted by atomic mass is 16.4. The van der Waals surface area contributed by atoms with E-state index in [0.29, 0.717) is 12.3 Å². The van der Waals surface area contributed by atoms with Crippen LogP contribution in [0.4, 0.5) is 0 Å². The molecule has 0 aromatic rings. The molecule has 0 aromatic carbocycles. The molecule has 1 atom stereocenters. The second-order valence-electron chi connectivity index (χ2n) is 3.55. The Labute approximate surface area is 67.6 Å². The molecule has 0 aliphatic rings. The molecule has 0 aliphatic carbocycles. The van der Waals surface area contributed by atoms with Gasteiger partial charge in [-0.15, -0.1) is 0 Å². The number of carboxylic acids is 1. The number of carbonyl (C=O) groups is 1. The van der Waals surface area contributed by atoms with Crippen LogP contribution in [0.15, 0.2) is 0 Å². The summed E-state index contributed by atoms with van der Waals surface area (Å²) in [6.45, 7) is 5.89. The molecule has 66 valence electrons. The highest BCUT2D eigenvalue weighted by molar-refractivity contribution is 5.66. The van der Waals surface area contributed by atoms with Crippen molar-refractivity contribution in [3.63, 3.8) is 0 Å². The van der Waals surface area contributed by atoms with Gasteiger partial charge in [0, 0.05) is 12.0 Å². The van der Waals surface area contributed by atoms with E-state index in [1.165, 1.54) is 0 Å². The van der Waals surface area contributed by atoms with Crippen molar-refractivity contribution in [1.82, 2.24) is 0 Å². The van der Waals surface area contributed by atoms with E-state index in [4.69, 9.17) is 10.8 Å². The first-order valence-electron chi connectivity index (χ1n) is 3.87. The van der Waals surface area contributed by atoms with Gasteiger partial charge in [-0.1, -0.05) is 13.8 Å². The molecule has 0 saturated heterocycles. The molecule has 3 nitrogen and oxygen atoms in total. The molecule has 3 N–H and O–H groups in total. The van der Waals surface area contributed by atoms with Crippen LogP contribution in [0.3, 0.4) is 0 Å². The van der Waals surface area contributed by atoms with Crippen molar-refractivity contribution in [2.24, 2.45) is 11.7 Å². The Balaban J connectivity index is 3.82. The zero-order valence-corrected chi connectivity index (χ0v) is 7.42. The van der Waals surface area contributed by atoms with Gasteiger partial charge in [0.2, 0.25) is 0 Å². The number of rotatable bonds is 4. The molecular weight excluding hydrogens is 142 g/mol. The highest BCUT2D eigenvalue weighted by Gasteiger charge is 2.23. The summed E-state index contributed by atoms with van der Waals surface area (Å²) in [5.41, 5.74) is 5.50. The third-order valence-electron chi connectivity index (χ3n) is 2.20. The zero-order chi connectivity index (χ0) is 9.07. The summed E-state index contributed by atoms with van der Waals surface area (Å²) in [7, 11) is 0. The smallest absolute Gasteiger partial charge is 0.303 e. The average molecular weight is 159 g/mol. The maximum atomic E-state index is 10.2. The van der Waals surface area contributed by atoms with Crippen molar-refractivity contribution in [3.05, 3.63) is 0 Å². The summed E-state index contributed by atoms with van der Waals surface area (Å²) < 4.78 is 0. The maximum absolute atomic E-state index is 10.2. The van der Waals surface area contributed by atoms with Gasteiger partial charge in [-0.3, -0.25) is 4.79 Å². The molecule has 1 unspecified atom stereocenters. The van der Waals surface area contributed by atoms with Crippen LogP contribution in [0.5, 0.6) is 0 Å². The Morgan fingerprint density at radius 3 is 2.36 bits per heavy atom. The topological polar surface area (TPSA) is 63.3 Å². The summed E-state index contributed by atoms with van der Waals surface area (Å²) in [6, 6.07) is 0. The van der Waals surface area contributed by atoms with E-state index in [2.05, 4.69) is 0 Å². The Kier molecular flexibility index (Phi) is 3.52. The lowest BCUT2D eigenvalue weighted by atomic mass is 9.85. The monoisotopic (exact) mass is 159 g/mol. The van der Waals surface area contributed by atoms with Crippen LogP contribution >= 0.6 is 0 Å². The van der Waals surface area contributed by atoms with Crippen LogP contribution in [-0.2, 0) is 4.79 Å². The molecule has 0 spiro atoms. The molecule has 11 heavy (non-hydrogen) atoms. The highest BCUT2D eigenvalue weighted by Crippen LogP contribution is 2.18. The van der Waals surface area contributed by atoms with Gasteiger partial charge >= 0.3 is 5.97 Å². The summed E-state index contributed by atoms with van der Waals surface area (Å²) in [4.78, 5) is 10.2. The van der Waals surface area contributed by atoms with E-state index >= 15 is 0 Å². The first kappa shape index (κ1) is 10.4. The lowest BCUT2D eigenvalue weighted by molar-refractivity contribution is -0.137. The van der Waals surface area contributed by atoms with Crippen molar-refractivity contribution >= 4 is 5.97 Å². The van der Waals surface area contributed by atoms with Crippen LogP contribution in [0, 0.1) is 5.92 Å². The first-order valence-corrected chi connectivity index (χ1v) is 3.87. The number of aliphatic carboxylic acids is 1. The summed E-state index contributed by atoms with van der Waals surface area (Å²) in [6.07, 6.45) is 0.700. The fourth-order valence-corrected chi connectivity index (χ4v) is 0.665. The van der Waals surface area contributed by atoms with Crippen molar-refractivity contribution < 1.29 is 9.90 Å². The number of carboxylic acid groups (broad SMARTS) is 1. The molecule has 0 aliphatic heterocycles. The third kappa shape index (κ3) is 3.98. The van der Waals surface area contributed by atoms with E-state index in [1.54, 1.807) is 0 Å². The summed E-state index contributed by atoms with van der Waals surface area (Å²) in [5.74, 6) is -0.454. The molecule has 0 amide bonds. The Hall–Kier alpha value is -0.570. The Morgan fingerprint density at radius 1 is 1.64 bits per heavy atom. The van der Waals surface area contributed by atoms with Crippen molar-refractivity contribution in [3.8, 4) is 0 Å². The Morgan fingerprint density at radius 2 is 2.09 bits per heavy atom. The van der Waals surface area contributed by atoms with Gasteiger partial charge in [0.1, 0.15) is 0 Å². The first-order chi connectivity index (χ1) is 4.86. The average Bonchev–Trinajstić information content (AvgIpc) is 1.84. The van der Waals surface area contributed by atoms with Crippen LogP contribution in [0.2, 0.25) is 0 Å². The second kappa shape index (κ2) is 3.72. The molecule has 0 heterocycles. The quantitative estimate of drug-likeness (QED) is 0.648. The predicted octanol–water partition coefficient (Wildman–Crippen LogP) is 1.22. The maximum Gasteiger partial charge on any atom is 0.303 e. The molecule has 0 rings (SSSR count). The second-order valence-corrected chi connectivity index (χ2v) is 3.55. The van der Waals surface area contributed by atoms with E-state index in [-0.39, 0.29) is 12.0 Å².